The van der Waals surface area contributed by atoms with Crippen LogP contribution in [-0.4, -0.2) is 18.7 Å². The SMILES string of the molecule is O=C(CNc1c(Br)cc(Cl)cc1Br)NN=Cc1cccc(Br)c1. The molecule has 2 rings (SSSR count). The number of halogens is 4. The van der Waals surface area contributed by atoms with E-state index in [1.807, 2.05) is 24.3 Å². The maximum atomic E-state index is 11.8. The molecule has 0 radical (unpaired) electrons. The number of amides is 1. The zero-order valence-electron chi connectivity index (χ0n) is 11.6. The van der Waals surface area contributed by atoms with Crippen molar-refractivity contribution in [2.45, 2.75) is 0 Å². The van der Waals surface area contributed by atoms with Crippen molar-refractivity contribution >= 4 is 77.2 Å². The summed E-state index contributed by atoms with van der Waals surface area (Å²) in [5.74, 6) is -0.259. The number of hydrazone groups is 1. The van der Waals surface area contributed by atoms with Crippen molar-refractivity contribution in [3.05, 3.63) is 60.4 Å². The molecule has 120 valence electrons. The second-order valence-corrected chi connectivity index (χ2v) is 7.51. The lowest BCUT2D eigenvalue weighted by atomic mass is 10.2. The van der Waals surface area contributed by atoms with Crippen LogP contribution in [0.15, 0.2) is 54.9 Å². The number of hydrogen-bond donors (Lipinski definition) is 2. The molecule has 0 bridgehead atoms. The average molecular weight is 524 g/mol. The van der Waals surface area contributed by atoms with Gasteiger partial charge in [-0.3, -0.25) is 4.79 Å². The van der Waals surface area contributed by atoms with Crippen LogP contribution in [0.25, 0.3) is 0 Å². The number of carbonyl (C=O) groups excluding carboxylic acids is 1. The van der Waals surface area contributed by atoms with E-state index in [0.717, 1.165) is 24.7 Å². The number of carbonyl (C=O) groups is 1. The smallest absolute Gasteiger partial charge is 0.259 e. The number of nitrogens with zero attached hydrogens (tertiary/aromatic N) is 1. The molecule has 0 saturated carbocycles. The van der Waals surface area contributed by atoms with Crippen LogP contribution in [0.1, 0.15) is 5.56 Å². The minimum atomic E-state index is -0.259. The fourth-order valence-corrected chi connectivity index (χ4v) is 4.05. The van der Waals surface area contributed by atoms with Gasteiger partial charge >= 0.3 is 0 Å². The first-order valence-corrected chi connectivity index (χ1v) is 9.17. The van der Waals surface area contributed by atoms with Crippen molar-refractivity contribution in [1.82, 2.24) is 5.43 Å². The molecule has 23 heavy (non-hydrogen) atoms. The summed E-state index contributed by atoms with van der Waals surface area (Å²) in [7, 11) is 0. The van der Waals surface area contributed by atoms with Gasteiger partial charge in [0.15, 0.2) is 0 Å². The zero-order valence-corrected chi connectivity index (χ0v) is 17.1. The summed E-state index contributed by atoms with van der Waals surface area (Å²) in [4.78, 5) is 11.8. The Kier molecular flexibility index (Phi) is 7.08. The van der Waals surface area contributed by atoms with E-state index in [0.29, 0.717) is 5.02 Å². The van der Waals surface area contributed by atoms with Crippen LogP contribution in [0.2, 0.25) is 5.02 Å². The molecule has 0 aromatic heterocycles. The van der Waals surface area contributed by atoms with Crippen LogP contribution in [0.3, 0.4) is 0 Å². The van der Waals surface area contributed by atoms with Gasteiger partial charge in [-0.25, -0.2) is 5.43 Å². The van der Waals surface area contributed by atoms with Gasteiger partial charge in [-0.15, -0.1) is 0 Å². The van der Waals surface area contributed by atoms with E-state index in [4.69, 9.17) is 11.6 Å². The Morgan fingerprint density at radius 1 is 1.17 bits per heavy atom. The molecule has 2 aromatic rings. The molecule has 8 heteroatoms. The minimum absolute atomic E-state index is 0.0780. The molecule has 0 atom stereocenters. The van der Waals surface area contributed by atoms with Crippen molar-refractivity contribution in [3.8, 4) is 0 Å². The first-order chi connectivity index (χ1) is 11.0. The average Bonchev–Trinajstić information content (AvgIpc) is 2.46. The van der Waals surface area contributed by atoms with Crippen molar-refractivity contribution in [3.63, 3.8) is 0 Å². The summed E-state index contributed by atoms with van der Waals surface area (Å²) in [5, 5.41) is 7.54. The number of benzene rings is 2. The van der Waals surface area contributed by atoms with E-state index in [9.17, 15) is 4.79 Å². The molecule has 1 amide bonds. The summed E-state index contributed by atoms with van der Waals surface area (Å²) in [6.07, 6.45) is 1.58. The van der Waals surface area contributed by atoms with Gasteiger partial charge in [0.2, 0.25) is 0 Å². The molecule has 4 nitrogen and oxygen atoms in total. The topological polar surface area (TPSA) is 53.5 Å². The largest absolute Gasteiger partial charge is 0.374 e. The molecule has 0 saturated heterocycles. The summed E-state index contributed by atoms with van der Waals surface area (Å²) < 4.78 is 2.48. The highest BCUT2D eigenvalue weighted by atomic mass is 79.9. The van der Waals surface area contributed by atoms with E-state index in [1.54, 1.807) is 18.3 Å². The predicted octanol–water partition coefficient (Wildman–Crippen LogP) is 5.19. The molecule has 0 aliphatic carbocycles. The van der Waals surface area contributed by atoms with E-state index < -0.39 is 0 Å². The molecule has 0 fully saturated rings. The third-order valence-electron chi connectivity index (χ3n) is 2.68. The summed E-state index contributed by atoms with van der Waals surface area (Å²) >= 11 is 16.1. The Morgan fingerprint density at radius 2 is 1.87 bits per heavy atom. The number of hydrogen-bond acceptors (Lipinski definition) is 3. The van der Waals surface area contributed by atoms with Crippen LogP contribution in [-0.2, 0) is 4.79 Å². The molecule has 0 aliphatic heterocycles. The zero-order chi connectivity index (χ0) is 16.8. The normalized spacial score (nSPS) is 10.8. The highest BCUT2D eigenvalue weighted by molar-refractivity contribution is 9.11. The highest BCUT2D eigenvalue weighted by Crippen LogP contribution is 2.33. The lowest BCUT2D eigenvalue weighted by Gasteiger charge is -2.10. The number of nitrogens with one attached hydrogen (secondary N) is 2. The van der Waals surface area contributed by atoms with Crippen molar-refractivity contribution in [2.75, 3.05) is 11.9 Å². The van der Waals surface area contributed by atoms with Gasteiger partial charge in [0.1, 0.15) is 0 Å². The van der Waals surface area contributed by atoms with Crippen LogP contribution in [0, 0.1) is 0 Å². The van der Waals surface area contributed by atoms with Crippen LogP contribution < -0.4 is 10.7 Å². The predicted molar refractivity (Wildman–Crippen MR) is 105 cm³/mol. The molecule has 2 N–H and O–H groups in total. The second kappa shape index (κ2) is 8.82. The molecular formula is C15H11Br3ClN3O. The lowest BCUT2D eigenvalue weighted by Crippen LogP contribution is -2.26. The quantitative estimate of drug-likeness (QED) is 0.418. The Morgan fingerprint density at radius 3 is 2.52 bits per heavy atom. The van der Waals surface area contributed by atoms with Gasteiger partial charge in [0, 0.05) is 18.4 Å². The van der Waals surface area contributed by atoms with Gasteiger partial charge in [-0.1, -0.05) is 39.7 Å². The molecule has 0 heterocycles. The van der Waals surface area contributed by atoms with Gasteiger partial charge < -0.3 is 5.32 Å². The second-order valence-electron chi connectivity index (χ2n) is 4.45. The highest BCUT2D eigenvalue weighted by Gasteiger charge is 2.08. The first kappa shape index (κ1) is 18.4. The number of anilines is 1. The molecule has 0 unspecified atom stereocenters. The van der Waals surface area contributed by atoms with Crippen LogP contribution >= 0.6 is 59.4 Å². The third kappa shape index (κ3) is 5.91. The van der Waals surface area contributed by atoms with Gasteiger partial charge in [0.25, 0.3) is 5.91 Å². The molecular weight excluding hydrogens is 513 g/mol. The minimum Gasteiger partial charge on any atom is -0.374 e. The van der Waals surface area contributed by atoms with Crippen molar-refractivity contribution in [2.24, 2.45) is 5.10 Å². The summed E-state index contributed by atoms with van der Waals surface area (Å²) in [5.41, 5.74) is 4.10. The maximum Gasteiger partial charge on any atom is 0.259 e. The lowest BCUT2D eigenvalue weighted by molar-refractivity contribution is -0.119. The van der Waals surface area contributed by atoms with Gasteiger partial charge in [-0.2, -0.15) is 5.10 Å². The van der Waals surface area contributed by atoms with E-state index in [2.05, 4.69) is 63.6 Å². The standard InChI is InChI=1S/C15H11Br3ClN3O/c16-10-3-1-2-9(4-10)7-21-22-14(23)8-20-15-12(17)5-11(19)6-13(15)18/h1-7,20H,8H2,(H,22,23). The Bertz CT molecular complexity index is 729. The van der Waals surface area contributed by atoms with Gasteiger partial charge in [0.05, 0.1) is 18.4 Å². The van der Waals surface area contributed by atoms with Crippen LogP contribution in [0.4, 0.5) is 5.69 Å². The maximum absolute atomic E-state index is 11.8. The summed E-state index contributed by atoms with van der Waals surface area (Å²) in [6.45, 7) is 0.0780. The van der Waals surface area contributed by atoms with E-state index in [-0.39, 0.29) is 12.5 Å². The fraction of sp³-hybridized carbons (Fsp3) is 0.0667. The Balaban J connectivity index is 1.88. The Hall–Kier alpha value is -0.890. The van der Waals surface area contributed by atoms with Crippen LogP contribution in [0.5, 0.6) is 0 Å². The molecule has 0 aliphatic rings. The molecule has 2 aromatic carbocycles. The number of rotatable bonds is 5. The van der Waals surface area contributed by atoms with E-state index >= 15 is 0 Å². The first-order valence-electron chi connectivity index (χ1n) is 6.41. The third-order valence-corrected chi connectivity index (χ3v) is 4.65. The Labute approximate surface area is 164 Å². The van der Waals surface area contributed by atoms with Gasteiger partial charge in [-0.05, 0) is 61.7 Å². The van der Waals surface area contributed by atoms with Crippen molar-refractivity contribution in [1.29, 1.82) is 0 Å². The monoisotopic (exact) mass is 521 g/mol. The summed E-state index contributed by atoms with van der Waals surface area (Å²) in [6, 6.07) is 11.1. The molecule has 0 spiro atoms. The van der Waals surface area contributed by atoms with Crippen molar-refractivity contribution < 1.29 is 4.79 Å². The fourth-order valence-electron chi connectivity index (χ4n) is 1.68. The van der Waals surface area contributed by atoms with E-state index in [1.165, 1.54) is 0 Å².